The quantitative estimate of drug-likeness (QED) is 0.879. The predicted molar refractivity (Wildman–Crippen MR) is 71.2 cm³/mol. The van der Waals surface area contributed by atoms with Crippen LogP contribution in [0.4, 0.5) is 5.82 Å². The molecule has 1 aromatic carbocycles. The summed E-state index contributed by atoms with van der Waals surface area (Å²) >= 11 is 0. The average molecular weight is 258 g/mol. The molecule has 98 valence electrons. The number of ether oxygens (including phenoxy) is 1. The number of carbonyl (C=O) groups excluding carboxylic acids is 1. The van der Waals surface area contributed by atoms with E-state index in [1.54, 1.807) is 25.3 Å². The summed E-state index contributed by atoms with van der Waals surface area (Å²) < 4.78 is 5.04. The minimum Gasteiger partial charge on any atom is -0.504 e. The van der Waals surface area contributed by atoms with Crippen molar-refractivity contribution in [2.45, 2.75) is 6.42 Å². The second-order valence-electron chi connectivity index (χ2n) is 3.94. The van der Waals surface area contributed by atoms with Crippen molar-refractivity contribution in [1.82, 2.24) is 4.98 Å². The highest BCUT2D eigenvalue weighted by Crippen LogP contribution is 2.18. The molecule has 2 N–H and O–H groups in total. The van der Waals surface area contributed by atoms with E-state index in [9.17, 15) is 9.90 Å². The van der Waals surface area contributed by atoms with Crippen LogP contribution in [0.3, 0.4) is 0 Å². The molecule has 0 bridgehead atoms. The molecule has 0 saturated carbocycles. The van der Waals surface area contributed by atoms with Crippen LogP contribution in [0, 0.1) is 0 Å². The summed E-state index contributed by atoms with van der Waals surface area (Å²) in [6, 6.07) is 10.3. The zero-order chi connectivity index (χ0) is 13.7. The van der Waals surface area contributed by atoms with Gasteiger partial charge in [0.1, 0.15) is 5.75 Å². The third-order valence-electron chi connectivity index (χ3n) is 2.57. The van der Waals surface area contributed by atoms with Crippen LogP contribution in [0.5, 0.6) is 11.5 Å². The second kappa shape index (κ2) is 5.86. The first-order chi connectivity index (χ1) is 9.19. The summed E-state index contributed by atoms with van der Waals surface area (Å²) in [7, 11) is 1.59. The number of benzene rings is 1. The monoisotopic (exact) mass is 258 g/mol. The number of aromatic nitrogens is 1. The fraction of sp³-hybridized carbons (Fsp3) is 0.143. The van der Waals surface area contributed by atoms with E-state index in [-0.39, 0.29) is 23.9 Å². The Morgan fingerprint density at radius 1 is 1.32 bits per heavy atom. The summed E-state index contributed by atoms with van der Waals surface area (Å²) in [4.78, 5) is 15.7. The van der Waals surface area contributed by atoms with Crippen LogP contribution in [0.15, 0.2) is 42.6 Å². The van der Waals surface area contributed by atoms with Gasteiger partial charge in [0.15, 0.2) is 11.6 Å². The summed E-state index contributed by atoms with van der Waals surface area (Å²) in [6.45, 7) is 0. The van der Waals surface area contributed by atoms with E-state index in [1.807, 2.05) is 12.1 Å². The Balaban J connectivity index is 1.99. The second-order valence-corrected chi connectivity index (χ2v) is 3.94. The molecule has 5 nitrogen and oxygen atoms in total. The highest BCUT2D eigenvalue weighted by atomic mass is 16.5. The highest BCUT2D eigenvalue weighted by molar-refractivity contribution is 5.92. The maximum Gasteiger partial charge on any atom is 0.230 e. The number of pyridine rings is 1. The number of aromatic hydroxyl groups is 1. The van der Waals surface area contributed by atoms with Gasteiger partial charge in [-0.3, -0.25) is 4.79 Å². The normalized spacial score (nSPS) is 9.95. The molecule has 0 aliphatic carbocycles. The zero-order valence-corrected chi connectivity index (χ0v) is 10.5. The molecule has 0 saturated heterocycles. The lowest BCUT2D eigenvalue weighted by atomic mass is 10.1. The molecule has 2 aromatic rings. The molecule has 0 aliphatic rings. The summed E-state index contributed by atoms with van der Waals surface area (Å²) in [6.07, 6.45) is 1.71. The Labute approximate surface area is 110 Å². The average Bonchev–Trinajstić information content (AvgIpc) is 2.42. The molecule has 0 atom stereocenters. The van der Waals surface area contributed by atoms with E-state index in [0.717, 1.165) is 11.3 Å². The van der Waals surface area contributed by atoms with Gasteiger partial charge in [0.2, 0.25) is 5.91 Å². The summed E-state index contributed by atoms with van der Waals surface area (Å²) in [5, 5.41) is 12.1. The molecule has 0 aliphatic heterocycles. The first-order valence-corrected chi connectivity index (χ1v) is 5.76. The summed E-state index contributed by atoms with van der Waals surface area (Å²) in [5.41, 5.74) is 0.855. The number of amides is 1. The zero-order valence-electron chi connectivity index (χ0n) is 10.5. The van der Waals surface area contributed by atoms with Gasteiger partial charge in [0.25, 0.3) is 0 Å². The first-order valence-electron chi connectivity index (χ1n) is 5.76. The van der Waals surface area contributed by atoms with E-state index in [4.69, 9.17) is 4.74 Å². The lowest BCUT2D eigenvalue weighted by Crippen LogP contribution is -2.15. The first kappa shape index (κ1) is 12.9. The Kier molecular flexibility index (Phi) is 3.97. The Bertz CT molecular complexity index is 567. The van der Waals surface area contributed by atoms with Crippen LogP contribution in [0.25, 0.3) is 0 Å². The number of rotatable bonds is 4. The summed E-state index contributed by atoms with van der Waals surface area (Å²) in [5.74, 6) is 0.622. The van der Waals surface area contributed by atoms with Gasteiger partial charge in [-0.2, -0.15) is 0 Å². The van der Waals surface area contributed by atoms with Crippen LogP contribution in [-0.4, -0.2) is 23.1 Å². The molecule has 1 heterocycles. The molecular weight excluding hydrogens is 244 g/mol. The SMILES string of the molecule is COc1ccc(CC(=O)Nc2ncccc2O)cc1. The van der Waals surface area contributed by atoms with Crippen LogP contribution in [-0.2, 0) is 11.2 Å². The molecule has 0 unspecified atom stereocenters. The largest absolute Gasteiger partial charge is 0.504 e. The van der Waals surface area contributed by atoms with E-state index in [2.05, 4.69) is 10.3 Å². The fourth-order valence-corrected chi connectivity index (χ4v) is 1.60. The smallest absolute Gasteiger partial charge is 0.230 e. The molecule has 1 amide bonds. The predicted octanol–water partition coefficient (Wildman–Crippen LogP) is 1.98. The van der Waals surface area contributed by atoms with Gasteiger partial charge in [-0.05, 0) is 29.8 Å². The van der Waals surface area contributed by atoms with Crippen molar-refractivity contribution in [1.29, 1.82) is 0 Å². The lowest BCUT2D eigenvalue weighted by molar-refractivity contribution is -0.115. The molecule has 0 spiro atoms. The maximum atomic E-state index is 11.8. The van der Waals surface area contributed by atoms with Crippen molar-refractivity contribution in [2.24, 2.45) is 0 Å². The number of hydrogen-bond donors (Lipinski definition) is 2. The van der Waals surface area contributed by atoms with Crippen LogP contribution in [0.1, 0.15) is 5.56 Å². The molecule has 1 aromatic heterocycles. The highest BCUT2D eigenvalue weighted by Gasteiger charge is 2.08. The van der Waals surface area contributed by atoms with Crippen molar-refractivity contribution in [3.8, 4) is 11.5 Å². The number of carbonyl (C=O) groups is 1. The molecule has 5 heteroatoms. The van der Waals surface area contributed by atoms with Gasteiger partial charge in [-0.15, -0.1) is 0 Å². The number of anilines is 1. The minimum absolute atomic E-state index is 0.0504. The number of methoxy groups -OCH3 is 1. The Morgan fingerprint density at radius 2 is 2.05 bits per heavy atom. The van der Waals surface area contributed by atoms with Crippen molar-refractivity contribution < 1.29 is 14.6 Å². The van der Waals surface area contributed by atoms with Crippen molar-refractivity contribution >= 4 is 11.7 Å². The number of nitrogens with one attached hydrogen (secondary N) is 1. The van der Waals surface area contributed by atoms with Crippen molar-refractivity contribution in [2.75, 3.05) is 12.4 Å². The van der Waals surface area contributed by atoms with Gasteiger partial charge in [0.05, 0.1) is 13.5 Å². The molecule has 0 fully saturated rings. The standard InChI is InChI=1S/C14H14N2O3/c1-19-11-6-4-10(5-7-11)9-13(18)16-14-12(17)3-2-8-15-14/h2-8,17H,9H2,1H3,(H,15,16,18). The molecule has 2 rings (SSSR count). The Morgan fingerprint density at radius 3 is 2.68 bits per heavy atom. The van der Waals surface area contributed by atoms with Crippen LogP contribution in [0.2, 0.25) is 0 Å². The van der Waals surface area contributed by atoms with Gasteiger partial charge in [-0.1, -0.05) is 12.1 Å². The topological polar surface area (TPSA) is 71.5 Å². The minimum atomic E-state index is -0.237. The van der Waals surface area contributed by atoms with E-state index in [1.165, 1.54) is 12.3 Å². The van der Waals surface area contributed by atoms with Gasteiger partial charge < -0.3 is 15.2 Å². The van der Waals surface area contributed by atoms with E-state index < -0.39 is 0 Å². The third-order valence-corrected chi connectivity index (χ3v) is 2.57. The molecule has 0 radical (unpaired) electrons. The van der Waals surface area contributed by atoms with Crippen molar-refractivity contribution in [3.63, 3.8) is 0 Å². The number of nitrogens with zero attached hydrogens (tertiary/aromatic N) is 1. The van der Waals surface area contributed by atoms with Crippen molar-refractivity contribution in [3.05, 3.63) is 48.2 Å². The van der Waals surface area contributed by atoms with Gasteiger partial charge in [0, 0.05) is 6.20 Å². The lowest BCUT2D eigenvalue weighted by Gasteiger charge is -2.06. The van der Waals surface area contributed by atoms with Gasteiger partial charge in [-0.25, -0.2) is 4.98 Å². The van der Waals surface area contributed by atoms with Crippen LogP contribution >= 0.6 is 0 Å². The molecule has 19 heavy (non-hydrogen) atoms. The van der Waals surface area contributed by atoms with Crippen LogP contribution < -0.4 is 10.1 Å². The third kappa shape index (κ3) is 3.45. The van der Waals surface area contributed by atoms with E-state index in [0.29, 0.717) is 0 Å². The molecular formula is C14H14N2O3. The Hall–Kier alpha value is -2.56. The fourth-order valence-electron chi connectivity index (χ4n) is 1.60. The van der Waals surface area contributed by atoms with Gasteiger partial charge >= 0.3 is 0 Å². The number of hydrogen-bond acceptors (Lipinski definition) is 4. The van der Waals surface area contributed by atoms with E-state index >= 15 is 0 Å². The maximum absolute atomic E-state index is 11.8.